The van der Waals surface area contributed by atoms with Crippen molar-refractivity contribution in [1.82, 2.24) is 9.55 Å². The minimum atomic E-state index is -0.243. The van der Waals surface area contributed by atoms with Gasteiger partial charge in [-0.15, -0.1) is 0 Å². The quantitative estimate of drug-likeness (QED) is 0.258. The molecule has 0 saturated heterocycles. The molecule has 5 rings (SSSR count). The van der Waals surface area contributed by atoms with Crippen LogP contribution in [0.25, 0.3) is 28.2 Å². The van der Waals surface area contributed by atoms with Gasteiger partial charge < -0.3 is 10.1 Å². The van der Waals surface area contributed by atoms with Gasteiger partial charge in [-0.25, -0.2) is 4.98 Å². The van der Waals surface area contributed by atoms with Crippen LogP contribution in [0.2, 0.25) is 0 Å². The van der Waals surface area contributed by atoms with E-state index < -0.39 is 0 Å². The first-order valence-corrected chi connectivity index (χ1v) is 11.5. The monoisotopic (exact) mass is 599 g/mol. The lowest BCUT2D eigenvalue weighted by Gasteiger charge is -2.13. The summed E-state index contributed by atoms with van der Waals surface area (Å²) in [7, 11) is 1.57. The molecule has 1 aliphatic rings. The molecule has 3 aromatic carbocycles. The number of methoxy groups -OCH3 is 1. The molecule has 6 nitrogen and oxygen atoms in total. The fourth-order valence-corrected chi connectivity index (χ4v) is 4.56. The maximum absolute atomic E-state index is 13.6. The van der Waals surface area contributed by atoms with Crippen molar-refractivity contribution in [3.63, 3.8) is 0 Å². The van der Waals surface area contributed by atoms with Gasteiger partial charge in [0.2, 0.25) is 0 Å². The number of halogens is 2. The molecular weight excluding hydrogens is 585 g/mol. The van der Waals surface area contributed by atoms with Crippen LogP contribution in [0.4, 0.5) is 5.69 Å². The van der Waals surface area contributed by atoms with Crippen LogP contribution in [0.3, 0.4) is 0 Å². The van der Waals surface area contributed by atoms with Crippen molar-refractivity contribution >= 4 is 72.7 Å². The first kappa shape index (κ1) is 20.9. The van der Waals surface area contributed by atoms with E-state index in [4.69, 9.17) is 9.72 Å². The Balaban J connectivity index is 1.82. The van der Waals surface area contributed by atoms with Gasteiger partial charge in [0.25, 0.3) is 11.5 Å². The highest BCUT2D eigenvalue weighted by molar-refractivity contribution is 14.1. The number of carbonyl (C=O) groups is 1. The minimum Gasteiger partial charge on any atom is -0.497 e. The highest BCUT2D eigenvalue weighted by atomic mass is 127. The van der Waals surface area contributed by atoms with Crippen LogP contribution < -0.4 is 15.6 Å². The number of benzene rings is 3. The number of anilines is 1. The second kappa shape index (κ2) is 8.18. The number of ether oxygens (including phenoxy) is 1. The lowest BCUT2D eigenvalue weighted by atomic mass is 10.1. The van der Waals surface area contributed by atoms with Gasteiger partial charge in [0.05, 0.1) is 29.3 Å². The number of rotatable bonds is 3. The Kier molecular flexibility index (Phi) is 5.34. The molecule has 0 bridgehead atoms. The van der Waals surface area contributed by atoms with Crippen LogP contribution in [0.15, 0.2) is 69.9 Å². The van der Waals surface area contributed by atoms with Crippen LogP contribution >= 0.6 is 38.5 Å². The van der Waals surface area contributed by atoms with Crippen molar-refractivity contribution in [2.24, 2.45) is 0 Å². The van der Waals surface area contributed by atoms with Gasteiger partial charge in [-0.1, -0.05) is 22.0 Å². The van der Waals surface area contributed by atoms with E-state index in [9.17, 15) is 9.59 Å². The molecule has 0 atom stereocenters. The van der Waals surface area contributed by atoms with Crippen LogP contribution in [-0.2, 0) is 4.79 Å². The highest BCUT2D eigenvalue weighted by Gasteiger charge is 2.25. The number of carbonyl (C=O) groups excluding carboxylic acids is 1. The molecule has 0 radical (unpaired) electrons. The van der Waals surface area contributed by atoms with Crippen molar-refractivity contribution in [3.8, 4) is 11.4 Å². The molecular formula is C24H15BrIN3O3. The molecule has 1 N–H and O–H groups in total. The summed E-state index contributed by atoms with van der Waals surface area (Å²) in [5, 5.41) is 3.37. The molecule has 1 amide bonds. The second-order valence-electron chi connectivity index (χ2n) is 7.18. The van der Waals surface area contributed by atoms with E-state index in [0.717, 1.165) is 19.3 Å². The first-order chi connectivity index (χ1) is 15.4. The Morgan fingerprint density at radius 3 is 2.75 bits per heavy atom. The van der Waals surface area contributed by atoms with E-state index in [0.29, 0.717) is 33.7 Å². The zero-order chi connectivity index (χ0) is 22.4. The average Bonchev–Trinajstić information content (AvgIpc) is 3.09. The average molecular weight is 600 g/mol. The molecule has 0 unspecified atom stereocenters. The molecule has 8 heteroatoms. The lowest BCUT2D eigenvalue weighted by molar-refractivity contribution is -0.110. The van der Waals surface area contributed by atoms with Gasteiger partial charge in [0.15, 0.2) is 0 Å². The van der Waals surface area contributed by atoms with E-state index in [2.05, 4.69) is 43.8 Å². The van der Waals surface area contributed by atoms with E-state index in [1.807, 2.05) is 54.6 Å². The molecule has 0 saturated carbocycles. The SMILES string of the molecule is COc1cccc(-n2c(/C=C3\C(=O)Nc4ccc(Br)cc43)nc3ccc(I)cc3c2=O)c1. The summed E-state index contributed by atoms with van der Waals surface area (Å²) < 4.78 is 8.65. The Labute approximate surface area is 205 Å². The maximum atomic E-state index is 13.6. The molecule has 1 aromatic heterocycles. The molecule has 32 heavy (non-hydrogen) atoms. The van der Waals surface area contributed by atoms with Crippen LogP contribution in [0.5, 0.6) is 5.75 Å². The standard InChI is InChI=1S/C24H15BrIN3O3/c1-32-16-4-2-3-15(11-16)29-22(27-21-8-6-14(26)10-19(21)24(29)31)12-18-17-9-13(25)5-7-20(17)28-23(18)30/h2-12H,1H3,(H,28,30)/b18-12-. The molecule has 2 heterocycles. The summed E-state index contributed by atoms with van der Waals surface area (Å²) >= 11 is 5.64. The minimum absolute atomic E-state index is 0.221. The molecule has 0 fully saturated rings. The number of aromatic nitrogens is 2. The molecule has 1 aliphatic heterocycles. The summed E-state index contributed by atoms with van der Waals surface area (Å²) in [5.74, 6) is 0.728. The van der Waals surface area contributed by atoms with Crippen molar-refractivity contribution in [3.05, 3.63) is 90.4 Å². The fraction of sp³-hybridized carbons (Fsp3) is 0.0417. The van der Waals surface area contributed by atoms with Gasteiger partial charge in [0, 0.05) is 25.4 Å². The van der Waals surface area contributed by atoms with Crippen LogP contribution in [-0.4, -0.2) is 22.6 Å². The Morgan fingerprint density at radius 2 is 1.94 bits per heavy atom. The second-order valence-corrected chi connectivity index (χ2v) is 9.34. The molecule has 0 aliphatic carbocycles. The molecule has 0 spiro atoms. The predicted octanol–water partition coefficient (Wildman–Crippen LogP) is 5.25. The topological polar surface area (TPSA) is 73.2 Å². The largest absolute Gasteiger partial charge is 0.497 e. The Bertz CT molecular complexity index is 1510. The fourth-order valence-electron chi connectivity index (χ4n) is 3.70. The van der Waals surface area contributed by atoms with Crippen LogP contribution in [0.1, 0.15) is 11.4 Å². The third kappa shape index (κ3) is 3.63. The van der Waals surface area contributed by atoms with Crippen molar-refractivity contribution in [2.45, 2.75) is 0 Å². The Hall–Kier alpha value is -2.98. The van der Waals surface area contributed by atoms with Crippen LogP contribution in [0, 0.1) is 3.57 Å². The number of hydrogen-bond acceptors (Lipinski definition) is 4. The summed E-state index contributed by atoms with van der Waals surface area (Å²) in [6, 6.07) is 18.3. The van der Waals surface area contributed by atoms with E-state index >= 15 is 0 Å². The summed E-state index contributed by atoms with van der Waals surface area (Å²) in [6.45, 7) is 0. The maximum Gasteiger partial charge on any atom is 0.266 e. The van der Waals surface area contributed by atoms with Gasteiger partial charge >= 0.3 is 0 Å². The number of amides is 1. The smallest absolute Gasteiger partial charge is 0.266 e. The third-order valence-electron chi connectivity index (χ3n) is 5.21. The highest BCUT2D eigenvalue weighted by Crippen LogP contribution is 2.35. The van der Waals surface area contributed by atoms with Gasteiger partial charge in [-0.2, -0.15) is 0 Å². The molecule has 158 valence electrons. The predicted molar refractivity (Wildman–Crippen MR) is 137 cm³/mol. The normalized spacial score (nSPS) is 14.0. The zero-order valence-electron chi connectivity index (χ0n) is 16.7. The van der Waals surface area contributed by atoms with E-state index in [-0.39, 0.29) is 11.5 Å². The van der Waals surface area contributed by atoms with Gasteiger partial charge in [-0.05, 0) is 77.2 Å². The number of hydrogen-bond donors (Lipinski definition) is 1. The van der Waals surface area contributed by atoms with Crippen molar-refractivity contribution in [2.75, 3.05) is 12.4 Å². The Morgan fingerprint density at radius 1 is 1.09 bits per heavy atom. The lowest BCUT2D eigenvalue weighted by Crippen LogP contribution is -2.22. The number of nitrogens with zero attached hydrogens (tertiary/aromatic N) is 2. The zero-order valence-corrected chi connectivity index (χ0v) is 20.5. The van der Waals surface area contributed by atoms with Crippen molar-refractivity contribution in [1.29, 1.82) is 0 Å². The third-order valence-corrected chi connectivity index (χ3v) is 6.37. The molecule has 4 aromatic rings. The number of fused-ring (bicyclic) bond motifs is 2. The summed E-state index contributed by atoms with van der Waals surface area (Å²) in [5.41, 5.74) is 2.85. The first-order valence-electron chi connectivity index (χ1n) is 9.64. The van der Waals surface area contributed by atoms with Gasteiger partial charge in [0.1, 0.15) is 11.6 Å². The summed E-state index contributed by atoms with van der Waals surface area (Å²) in [6.07, 6.45) is 1.66. The number of nitrogens with one attached hydrogen (secondary N) is 1. The van der Waals surface area contributed by atoms with Gasteiger partial charge in [-0.3, -0.25) is 14.2 Å². The van der Waals surface area contributed by atoms with E-state index in [1.165, 1.54) is 4.57 Å². The summed E-state index contributed by atoms with van der Waals surface area (Å²) in [4.78, 5) is 31.1. The van der Waals surface area contributed by atoms with E-state index in [1.54, 1.807) is 19.3 Å². The van der Waals surface area contributed by atoms with Crippen molar-refractivity contribution < 1.29 is 9.53 Å².